The Bertz CT molecular complexity index is 468. The molecule has 4 heteroatoms. The van der Waals surface area contributed by atoms with Gasteiger partial charge in [0.15, 0.2) is 0 Å². The van der Waals surface area contributed by atoms with Gasteiger partial charge in [0.05, 0.1) is 5.56 Å². The quantitative estimate of drug-likeness (QED) is 0.762. The Hall–Kier alpha value is -1.58. The van der Waals surface area contributed by atoms with Crippen LogP contribution in [0.5, 0.6) is 5.75 Å². The van der Waals surface area contributed by atoms with Crippen molar-refractivity contribution in [1.82, 2.24) is 0 Å². The normalized spacial score (nSPS) is 12.2. The zero-order valence-corrected chi connectivity index (χ0v) is 7.42. The van der Waals surface area contributed by atoms with Crippen LogP contribution in [-0.4, -0.2) is 5.11 Å². The van der Waals surface area contributed by atoms with E-state index in [1.807, 2.05) is 0 Å². The maximum atomic E-state index is 13.0. The molecule has 0 spiro atoms. The van der Waals surface area contributed by atoms with Crippen molar-refractivity contribution in [3.63, 3.8) is 0 Å². The first kappa shape index (κ1) is 8.99. The minimum absolute atomic E-state index is 0.0515. The standard InChI is InChI=1S/C10H8F2O2/c1-10(11,12)8-5-14-9-3-2-6(13)4-7(8)9/h2-5,13H,1H3. The first-order valence-corrected chi connectivity index (χ1v) is 4.07. The molecule has 0 amide bonds. The summed E-state index contributed by atoms with van der Waals surface area (Å²) in [6.07, 6.45) is 1.02. The average molecular weight is 198 g/mol. The molecule has 0 fully saturated rings. The third kappa shape index (κ3) is 1.32. The fourth-order valence-electron chi connectivity index (χ4n) is 1.36. The molecule has 0 aliphatic rings. The van der Waals surface area contributed by atoms with E-state index < -0.39 is 5.92 Å². The summed E-state index contributed by atoms with van der Waals surface area (Å²) < 4.78 is 31.0. The third-order valence-corrected chi connectivity index (χ3v) is 2.03. The van der Waals surface area contributed by atoms with Crippen molar-refractivity contribution in [2.45, 2.75) is 12.8 Å². The summed E-state index contributed by atoms with van der Waals surface area (Å²) in [6.45, 7) is 0.793. The fourth-order valence-corrected chi connectivity index (χ4v) is 1.36. The van der Waals surface area contributed by atoms with Crippen LogP contribution in [-0.2, 0) is 5.92 Å². The van der Waals surface area contributed by atoms with Crippen LogP contribution < -0.4 is 0 Å². The molecule has 0 radical (unpaired) electrons. The highest BCUT2D eigenvalue weighted by molar-refractivity contribution is 5.83. The summed E-state index contributed by atoms with van der Waals surface area (Å²) in [6, 6.07) is 4.12. The second kappa shape index (κ2) is 2.70. The van der Waals surface area contributed by atoms with E-state index in [2.05, 4.69) is 0 Å². The average Bonchev–Trinajstić information content (AvgIpc) is 2.45. The van der Waals surface area contributed by atoms with E-state index in [1.54, 1.807) is 0 Å². The van der Waals surface area contributed by atoms with E-state index in [0.717, 1.165) is 13.2 Å². The van der Waals surface area contributed by atoms with Gasteiger partial charge in [-0.2, -0.15) is 0 Å². The minimum atomic E-state index is -2.96. The number of fused-ring (bicyclic) bond motifs is 1. The molecule has 1 heterocycles. The van der Waals surface area contributed by atoms with Gasteiger partial charge in [-0.3, -0.25) is 0 Å². The van der Waals surface area contributed by atoms with Gasteiger partial charge >= 0.3 is 0 Å². The zero-order valence-electron chi connectivity index (χ0n) is 7.42. The van der Waals surface area contributed by atoms with Crippen LogP contribution in [0, 0.1) is 0 Å². The second-order valence-corrected chi connectivity index (χ2v) is 3.22. The lowest BCUT2D eigenvalue weighted by molar-refractivity contribution is 0.0183. The molecule has 2 aromatic rings. The molecule has 0 aliphatic heterocycles. The van der Waals surface area contributed by atoms with Crippen LogP contribution in [0.25, 0.3) is 11.0 Å². The highest BCUT2D eigenvalue weighted by Crippen LogP contribution is 2.35. The molecule has 74 valence electrons. The number of furan rings is 1. The highest BCUT2D eigenvalue weighted by Gasteiger charge is 2.28. The van der Waals surface area contributed by atoms with Crippen molar-refractivity contribution in [3.05, 3.63) is 30.0 Å². The summed E-state index contributed by atoms with van der Waals surface area (Å²) in [4.78, 5) is 0. The Kier molecular flexibility index (Phi) is 1.74. The van der Waals surface area contributed by atoms with E-state index in [9.17, 15) is 8.78 Å². The largest absolute Gasteiger partial charge is 0.508 e. The van der Waals surface area contributed by atoms with Gasteiger partial charge in [-0.25, -0.2) is 8.78 Å². The topological polar surface area (TPSA) is 33.4 Å². The molecular weight excluding hydrogens is 190 g/mol. The molecule has 0 saturated carbocycles. The number of hydrogen-bond acceptors (Lipinski definition) is 2. The molecule has 0 aliphatic carbocycles. The zero-order chi connectivity index (χ0) is 10.3. The Morgan fingerprint density at radius 2 is 2.07 bits per heavy atom. The minimum Gasteiger partial charge on any atom is -0.508 e. The molecule has 2 nitrogen and oxygen atoms in total. The van der Waals surface area contributed by atoms with E-state index in [1.165, 1.54) is 18.2 Å². The van der Waals surface area contributed by atoms with Crippen LogP contribution in [0.1, 0.15) is 12.5 Å². The van der Waals surface area contributed by atoms with Crippen molar-refractivity contribution < 1.29 is 18.3 Å². The molecule has 1 aromatic heterocycles. The Morgan fingerprint density at radius 1 is 1.36 bits per heavy atom. The Labute approximate surface area is 78.8 Å². The molecule has 0 atom stereocenters. The maximum absolute atomic E-state index is 13.0. The number of phenols is 1. The number of halogens is 2. The highest BCUT2D eigenvalue weighted by atomic mass is 19.3. The first-order chi connectivity index (χ1) is 6.48. The molecule has 0 saturated heterocycles. The summed E-state index contributed by atoms with van der Waals surface area (Å²) in [5.74, 6) is -3.01. The number of hydrogen-bond donors (Lipinski definition) is 1. The van der Waals surface area contributed by atoms with E-state index in [4.69, 9.17) is 9.52 Å². The van der Waals surface area contributed by atoms with E-state index in [-0.39, 0.29) is 16.7 Å². The predicted molar refractivity (Wildman–Crippen MR) is 47.4 cm³/mol. The molecule has 1 N–H and O–H groups in total. The van der Waals surface area contributed by atoms with Crippen LogP contribution in [0.15, 0.2) is 28.9 Å². The van der Waals surface area contributed by atoms with Gasteiger partial charge in [0.1, 0.15) is 17.6 Å². The van der Waals surface area contributed by atoms with Gasteiger partial charge in [0, 0.05) is 12.3 Å². The second-order valence-electron chi connectivity index (χ2n) is 3.22. The molecule has 1 aromatic carbocycles. The van der Waals surface area contributed by atoms with Crippen molar-refractivity contribution in [1.29, 1.82) is 0 Å². The van der Waals surface area contributed by atoms with Crippen molar-refractivity contribution >= 4 is 11.0 Å². The van der Waals surface area contributed by atoms with Crippen molar-refractivity contribution in [3.8, 4) is 5.75 Å². The molecule has 14 heavy (non-hydrogen) atoms. The summed E-state index contributed by atoms with van der Waals surface area (Å²) in [5.41, 5.74) is 0.141. The first-order valence-electron chi connectivity index (χ1n) is 4.07. The lowest BCUT2D eigenvalue weighted by atomic mass is 10.1. The summed E-state index contributed by atoms with van der Waals surface area (Å²) >= 11 is 0. The summed E-state index contributed by atoms with van der Waals surface area (Å²) in [7, 11) is 0. The van der Waals surface area contributed by atoms with Crippen LogP contribution in [0.3, 0.4) is 0 Å². The summed E-state index contributed by atoms with van der Waals surface area (Å²) in [5, 5.41) is 9.40. The molecular formula is C10H8F2O2. The number of benzene rings is 1. The number of phenolic OH excluding ortho intramolecular Hbond substituents is 1. The van der Waals surface area contributed by atoms with Gasteiger partial charge < -0.3 is 9.52 Å². The fraction of sp³-hybridized carbons (Fsp3) is 0.200. The lowest BCUT2D eigenvalue weighted by Crippen LogP contribution is -2.05. The van der Waals surface area contributed by atoms with Gasteiger partial charge in [-0.15, -0.1) is 0 Å². The van der Waals surface area contributed by atoms with Crippen LogP contribution in [0.4, 0.5) is 8.78 Å². The Morgan fingerprint density at radius 3 is 2.71 bits per heavy atom. The maximum Gasteiger partial charge on any atom is 0.274 e. The van der Waals surface area contributed by atoms with Gasteiger partial charge in [-0.05, 0) is 18.2 Å². The van der Waals surface area contributed by atoms with E-state index >= 15 is 0 Å². The van der Waals surface area contributed by atoms with Crippen LogP contribution >= 0.6 is 0 Å². The third-order valence-electron chi connectivity index (χ3n) is 2.03. The number of alkyl halides is 2. The lowest BCUT2D eigenvalue weighted by Gasteiger charge is -2.06. The van der Waals surface area contributed by atoms with E-state index in [0.29, 0.717) is 5.58 Å². The predicted octanol–water partition coefficient (Wildman–Crippen LogP) is 3.25. The van der Waals surface area contributed by atoms with Crippen molar-refractivity contribution in [2.75, 3.05) is 0 Å². The van der Waals surface area contributed by atoms with Crippen molar-refractivity contribution in [2.24, 2.45) is 0 Å². The van der Waals surface area contributed by atoms with Gasteiger partial charge in [0.2, 0.25) is 0 Å². The SMILES string of the molecule is CC(F)(F)c1coc2ccc(O)cc12. The number of aromatic hydroxyl groups is 1. The van der Waals surface area contributed by atoms with Gasteiger partial charge in [-0.1, -0.05) is 0 Å². The Balaban J connectivity index is 2.73. The van der Waals surface area contributed by atoms with Gasteiger partial charge in [0.25, 0.3) is 5.92 Å². The molecule has 2 rings (SSSR count). The molecule has 0 bridgehead atoms. The smallest absolute Gasteiger partial charge is 0.274 e. The molecule has 0 unspecified atom stereocenters. The van der Waals surface area contributed by atoms with Crippen LogP contribution in [0.2, 0.25) is 0 Å². The monoisotopic (exact) mass is 198 g/mol. The number of rotatable bonds is 1.